The lowest BCUT2D eigenvalue weighted by molar-refractivity contribution is 0.398. The van der Waals surface area contributed by atoms with Gasteiger partial charge in [-0.25, -0.2) is 4.98 Å². The number of ether oxygens (including phenoxy) is 1. The van der Waals surface area contributed by atoms with Gasteiger partial charge in [-0.2, -0.15) is 0 Å². The normalized spacial score (nSPS) is 9.61. The van der Waals surface area contributed by atoms with Gasteiger partial charge in [0.15, 0.2) is 5.11 Å². The molecule has 0 aliphatic heterocycles. The van der Waals surface area contributed by atoms with Crippen LogP contribution in [0.1, 0.15) is 0 Å². The lowest BCUT2D eigenvalue weighted by atomic mass is 10.3. The van der Waals surface area contributed by atoms with Crippen molar-refractivity contribution in [2.75, 3.05) is 17.7 Å². The number of thiocarbonyl (C=S) groups is 1. The molecule has 5 heteroatoms. The van der Waals surface area contributed by atoms with E-state index in [0.717, 1.165) is 11.4 Å². The molecule has 2 N–H and O–H groups in total. The number of aromatic nitrogens is 1. The van der Waals surface area contributed by atoms with Crippen LogP contribution in [-0.2, 0) is 0 Å². The van der Waals surface area contributed by atoms with Crippen molar-refractivity contribution in [3.8, 4) is 5.88 Å². The highest BCUT2D eigenvalue weighted by molar-refractivity contribution is 7.80. The van der Waals surface area contributed by atoms with Gasteiger partial charge in [0, 0.05) is 23.6 Å². The van der Waals surface area contributed by atoms with Crippen LogP contribution in [0, 0.1) is 0 Å². The summed E-state index contributed by atoms with van der Waals surface area (Å²) in [7, 11) is 1.58. The number of para-hydroxylation sites is 1. The average molecular weight is 259 g/mol. The third-order valence-corrected chi connectivity index (χ3v) is 2.44. The highest BCUT2D eigenvalue weighted by Gasteiger charge is 2.00. The third-order valence-electron chi connectivity index (χ3n) is 2.23. The summed E-state index contributed by atoms with van der Waals surface area (Å²) in [5.74, 6) is 0.544. The maximum absolute atomic E-state index is 5.21. The number of hydrogen-bond donors (Lipinski definition) is 2. The van der Waals surface area contributed by atoms with Crippen molar-refractivity contribution >= 4 is 28.7 Å². The van der Waals surface area contributed by atoms with Crippen molar-refractivity contribution in [1.29, 1.82) is 0 Å². The Morgan fingerprint density at radius 2 is 1.83 bits per heavy atom. The van der Waals surface area contributed by atoms with Crippen molar-refractivity contribution in [2.45, 2.75) is 0 Å². The molecular weight excluding hydrogens is 246 g/mol. The Bertz CT molecular complexity index is 531. The maximum atomic E-state index is 5.21. The van der Waals surface area contributed by atoms with Crippen LogP contribution < -0.4 is 15.4 Å². The molecule has 18 heavy (non-hydrogen) atoms. The zero-order chi connectivity index (χ0) is 12.8. The summed E-state index contributed by atoms with van der Waals surface area (Å²) in [5, 5.41) is 6.68. The smallest absolute Gasteiger partial charge is 0.214 e. The number of nitrogens with zero attached hydrogens (tertiary/aromatic N) is 1. The van der Waals surface area contributed by atoms with E-state index in [1.165, 1.54) is 0 Å². The van der Waals surface area contributed by atoms with Crippen molar-refractivity contribution in [3.63, 3.8) is 0 Å². The predicted molar refractivity (Wildman–Crippen MR) is 77.1 cm³/mol. The van der Waals surface area contributed by atoms with Gasteiger partial charge in [0.05, 0.1) is 7.11 Å². The average Bonchev–Trinajstić information content (AvgIpc) is 2.40. The van der Waals surface area contributed by atoms with Gasteiger partial charge in [-0.15, -0.1) is 0 Å². The second-order valence-electron chi connectivity index (χ2n) is 3.53. The highest BCUT2D eigenvalue weighted by atomic mass is 32.1. The van der Waals surface area contributed by atoms with Gasteiger partial charge in [0.1, 0.15) is 0 Å². The van der Waals surface area contributed by atoms with Gasteiger partial charge in [0.25, 0.3) is 0 Å². The van der Waals surface area contributed by atoms with Crippen molar-refractivity contribution in [1.82, 2.24) is 4.98 Å². The van der Waals surface area contributed by atoms with E-state index in [1.807, 2.05) is 36.4 Å². The van der Waals surface area contributed by atoms with E-state index in [1.54, 1.807) is 19.4 Å². The fourth-order valence-electron chi connectivity index (χ4n) is 1.41. The molecule has 0 aliphatic rings. The Morgan fingerprint density at radius 3 is 2.56 bits per heavy atom. The number of hydrogen-bond acceptors (Lipinski definition) is 3. The van der Waals surface area contributed by atoms with Crippen LogP contribution in [0.25, 0.3) is 0 Å². The molecule has 0 spiro atoms. The zero-order valence-corrected chi connectivity index (χ0v) is 10.7. The fraction of sp³-hybridized carbons (Fsp3) is 0.0769. The summed E-state index contributed by atoms with van der Waals surface area (Å²) in [6, 6.07) is 13.3. The van der Waals surface area contributed by atoms with Crippen molar-refractivity contribution in [2.24, 2.45) is 0 Å². The Labute approximate surface area is 111 Å². The Morgan fingerprint density at radius 1 is 1.11 bits per heavy atom. The van der Waals surface area contributed by atoms with Crippen LogP contribution in [0.15, 0.2) is 48.7 Å². The molecule has 1 aromatic carbocycles. The van der Waals surface area contributed by atoms with E-state index in [4.69, 9.17) is 17.0 Å². The molecule has 2 rings (SSSR count). The third kappa shape index (κ3) is 3.43. The Kier molecular flexibility index (Phi) is 4.09. The van der Waals surface area contributed by atoms with Gasteiger partial charge in [0.2, 0.25) is 5.88 Å². The first-order valence-corrected chi connectivity index (χ1v) is 5.82. The molecular formula is C13H13N3OS. The molecule has 0 saturated heterocycles. The monoisotopic (exact) mass is 259 g/mol. The van der Waals surface area contributed by atoms with E-state index in [2.05, 4.69) is 15.6 Å². The number of pyridine rings is 1. The lowest BCUT2D eigenvalue weighted by Crippen LogP contribution is -2.18. The molecule has 4 nitrogen and oxygen atoms in total. The second kappa shape index (κ2) is 5.97. The van der Waals surface area contributed by atoms with Crippen molar-refractivity contribution < 1.29 is 4.74 Å². The molecule has 92 valence electrons. The Hall–Kier alpha value is -2.14. The van der Waals surface area contributed by atoms with E-state index in [9.17, 15) is 0 Å². The van der Waals surface area contributed by atoms with E-state index in [-0.39, 0.29) is 0 Å². The second-order valence-corrected chi connectivity index (χ2v) is 3.94. The molecule has 0 atom stereocenters. The molecule has 0 fully saturated rings. The molecule has 0 radical (unpaired) electrons. The zero-order valence-electron chi connectivity index (χ0n) is 9.88. The maximum Gasteiger partial charge on any atom is 0.214 e. The predicted octanol–water partition coefficient (Wildman–Crippen LogP) is 2.90. The molecule has 0 bridgehead atoms. The highest BCUT2D eigenvalue weighted by Crippen LogP contribution is 2.14. The minimum Gasteiger partial charge on any atom is -0.481 e. The van der Waals surface area contributed by atoms with E-state index < -0.39 is 0 Å². The number of anilines is 2. The lowest BCUT2D eigenvalue weighted by Gasteiger charge is -2.10. The molecule has 0 aliphatic carbocycles. The van der Waals surface area contributed by atoms with Gasteiger partial charge in [-0.05, 0) is 30.4 Å². The Balaban J connectivity index is 1.99. The number of nitrogens with one attached hydrogen (secondary N) is 2. The van der Waals surface area contributed by atoms with Gasteiger partial charge >= 0.3 is 0 Å². The van der Waals surface area contributed by atoms with Crippen LogP contribution in [0.5, 0.6) is 5.88 Å². The first kappa shape index (κ1) is 12.3. The van der Waals surface area contributed by atoms with Crippen molar-refractivity contribution in [3.05, 3.63) is 48.7 Å². The molecule has 0 unspecified atom stereocenters. The number of rotatable bonds is 3. The molecule has 1 aromatic heterocycles. The summed E-state index contributed by atoms with van der Waals surface area (Å²) in [5.41, 5.74) is 1.77. The minimum atomic E-state index is 0.523. The van der Waals surface area contributed by atoms with Crippen LogP contribution >= 0.6 is 12.2 Å². The quantitative estimate of drug-likeness (QED) is 0.830. The van der Waals surface area contributed by atoms with E-state index in [0.29, 0.717) is 11.0 Å². The fourth-order valence-corrected chi connectivity index (χ4v) is 1.65. The molecule has 0 saturated carbocycles. The largest absolute Gasteiger partial charge is 0.481 e. The minimum absolute atomic E-state index is 0.523. The van der Waals surface area contributed by atoms with E-state index >= 15 is 0 Å². The van der Waals surface area contributed by atoms with Gasteiger partial charge < -0.3 is 15.4 Å². The summed E-state index contributed by atoms with van der Waals surface area (Å²) in [4.78, 5) is 4.02. The standard InChI is InChI=1S/C13H13N3OS/c1-17-12-9-11(7-8-14-12)16-13(18)15-10-5-3-2-4-6-10/h2-9H,1H3,(H2,14,15,16,18). The number of benzene rings is 1. The summed E-state index contributed by atoms with van der Waals surface area (Å²) in [6.45, 7) is 0. The summed E-state index contributed by atoms with van der Waals surface area (Å²) >= 11 is 5.21. The summed E-state index contributed by atoms with van der Waals surface area (Å²) in [6.07, 6.45) is 1.66. The first-order chi connectivity index (χ1) is 8.78. The van der Waals surface area contributed by atoms with Crippen LogP contribution in [0.4, 0.5) is 11.4 Å². The SMILES string of the molecule is COc1cc(NC(=S)Nc2ccccc2)ccn1. The van der Waals surface area contributed by atoms with Crippen LogP contribution in [-0.4, -0.2) is 17.2 Å². The van der Waals surface area contributed by atoms with Crippen LogP contribution in [0.2, 0.25) is 0 Å². The number of methoxy groups -OCH3 is 1. The topological polar surface area (TPSA) is 46.2 Å². The van der Waals surface area contributed by atoms with Gasteiger partial charge in [-0.1, -0.05) is 18.2 Å². The summed E-state index contributed by atoms with van der Waals surface area (Å²) < 4.78 is 5.04. The molecule has 2 aromatic rings. The first-order valence-electron chi connectivity index (χ1n) is 5.41. The molecule has 1 heterocycles. The molecule has 0 amide bonds. The van der Waals surface area contributed by atoms with Crippen LogP contribution in [0.3, 0.4) is 0 Å². The van der Waals surface area contributed by atoms with Gasteiger partial charge in [-0.3, -0.25) is 0 Å².